The van der Waals surface area contributed by atoms with Crippen molar-refractivity contribution in [2.45, 2.75) is 139 Å². The Kier molecular flexibility index (Phi) is 11.4. The number of aliphatic carboxylic acids is 1. The molecule has 4 aliphatic heterocycles. The highest BCUT2D eigenvalue weighted by atomic mass is 16.4. The van der Waals surface area contributed by atoms with Gasteiger partial charge in [-0.1, -0.05) is 31.6 Å². The molecule has 9 heteroatoms. The number of fused-ring (bicyclic) bond motifs is 2. The van der Waals surface area contributed by atoms with Gasteiger partial charge in [-0.3, -0.25) is 4.79 Å². The minimum atomic E-state index is -1.23. The Morgan fingerprint density at radius 1 is 1.23 bits per heavy atom. The van der Waals surface area contributed by atoms with Crippen LogP contribution in [0.1, 0.15) is 97.3 Å². The molecule has 7 N–H and O–H groups in total. The summed E-state index contributed by atoms with van der Waals surface area (Å²) in [4.78, 5) is 17.4. The van der Waals surface area contributed by atoms with Crippen LogP contribution in [-0.4, -0.2) is 95.2 Å². The molecule has 4 heterocycles. The Balaban J connectivity index is 1.33. The number of hydrogen-bond donors (Lipinski definition) is 7. The van der Waals surface area contributed by atoms with Crippen molar-refractivity contribution < 1.29 is 25.0 Å². The van der Waals surface area contributed by atoms with Crippen LogP contribution in [0.15, 0.2) is 4.99 Å². The summed E-state index contributed by atoms with van der Waals surface area (Å²) in [6.07, 6.45) is 12.7. The molecule has 2 bridgehead atoms. The number of carboxylic acid groups (broad SMARTS) is 1. The average Bonchev–Trinajstić information content (AvgIpc) is 3.44. The smallest absolute Gasteiger partial charge is 0.306 e. The van der Waals surface area contributed by atoms with Gasteiger partial charge >= 0.3 is 5.97 Å². The van der Waals surface area contributed by atoms with Crippen molar-refractivity contribution in [1.82, 2.24) is 16.0 Å². The molecule has 2 saturated heterocycles. The molecule has 0 aromatic carbocycles. The van der Waals surface area contributed by atoms with Crippen molar-refractivity contribution in [2.75, 3.05) is 26.3 Å². The van der Waals surface area contributed by atoms with Gasteiger partial charge in [0.25, 0.3) is 0 Å². The molecule has 40 heavy (non-hydrogen) atoms. The minimum absolute atomic E-state index is 0.125. The van der Waals surface area contributed by atoms with Gasteiger partial charge in [-0.2, -0.15) is 0 Å². The first-order chi connectivity index (χ1) is 19.1. The van der Waals surface area contributed by atoms with Gasteiger partial charge in [0, 0.05) is 42.9 Å². The Morgan fingerprint density at radius 2 is 2.05 bits per heavy atom. The first-order valence-corrected chi connectivity index (χ1v) is 15.8. The van der Waals surface area contributed by atoms with Crippen LogP contribution < -0.4 is 20.9 Å². The largest absolute Gasteiger partial charge is 0.481 e. The molecule has 0 radical (unpaired) electrons. The first-order valence-electron chi connectivity index (χ1n) is 15.8. The topological polar surface area (TPSA) is 131 Å². The minimum Gasteiger partial charge on any atom is -0.481 e. The fourth-order valence-corrected chi connectivity index (χ4v) is 7.31. The van der Waals surface area contributed by atoms with Crippen LogP contribution in [0.5, 0.6) is 0 Å². The van der Waals surface area contributed by atoms with Gasteiger partial charge in [0.15, 0.2) is 6.67 Å². The van der Waals surface area contributed by atoms with Crippen LogP contribution >= 0.6 is 0 Å². The van der Waals surface area contributed by atoms with Gasteiger partial charge in [-0.05, 0) is 58.9 Å². The molecule has 9 nitrogen and oxygen atoms in total. The van der Waals surface area contributed by atoms with Crippen molar-refractivity contribution in [3.63, 3.8) is 0 Å². The molecule has 0 spiro atoms. The van der Waals surface area contributed by atoms with Crippen LogP contribution in [0.2, 0.25) is 0 Å². The second-order valence-corrected chi connectivity index (χ2v) is 13.4. The van der Waals surface area contributed by atoms with Gasteiger partial charge in [-0.15, -0.1) is 5.92 Å². The number of aliphatic imine (C=N–C) groups is 1. The van der Waals surface area contributed by atoms with E-state index in [0.717, 1.165) is 90.4 Å². The monoisotopic (exact) mass is 560 g/mol. The summed E-state index contributed by atoms with van der Waals surface area (Å²) in [6, 6.07) is 1.23. The molecule has 0 amide bonds. The number of nitrogens with zero attached hydrogens (tertiary/aromatic N) is 1. The van der Waals surface area contributed by atoms with E-state index < -0.39 is 11.6 Å². The lowest BCUT2D eigenvalue weighted by atomic mass is 9.82. The molecule has 4 aliphatic rings. The molecular weight excluding hydrogens is 506 g/mol. The van der Waals surface area contributed by atoms with Gasteiger partial charge in [0.05, 0.1) is 30.4 Å². The van der Waals surface area contributed by atoms with Crippen LogP contribution in [-0.2, 0) is 4.79 Å². The summed E-state index contributed by atoms with van der Waals surface area (Å²) in [5.41, 5.74) is -1.35. The zero-order chi connectivity index (χ0) is 28.6. The molecular formula is C31H54N5O4+. The Bertz CT molecular complexity index is 913. The summed E-state index contributed by atoms with van der Waals surface area (Å²) in [5.74, 6) is 6.52. The van der Waals surface area contributed by atoms with E-state index >= 15 is 0 Å². The van der Waals surface area contributed by atoms with E-state index in [0.29, 0.717) is 37.0 Å². The van der Waals surface area contributed by atoms with E-state index in [1.54, 1.807) is 0 Å². The second-order valence-electron chi connectivity index (χ2n) is 13.4. The number of unbranched alkanes of at least 4 members (excludes halogenated alkanes) is 1. The van der Waals surface area contributed by atoms with E-state index in [-0.39, 0.29) is 24.1 Å². The standard InChI is InChI=1S/C31H53N5O4/c1-23-28(37)18-27(36-17-16-32-22-36)26(35-23)12-4-3-8-24-9-5-6-13-31(40,20-29(38)39)21-34-30(2)14-15-33-25(19-30)11-7-10-24/h16,23-28,33-35,37,40H,3-6,8-9,11-15,17-22H2,1-2H3,(H,38,39)/p+1/t23-,24+,25+,26+,27-,28+,30+,31+/m0/s1. The van der Waals surface area contributed by atoms with Crippen molar-refractivity contribution in [3.05, 3.63) is 0 Å². The van der Waals surface area contributed by atoms with Crippen molar-refractivity contribution in [3.8, 4) is 11.8 Å². The van der Waals surface area contributed by atoms with E-state index in [1.165, 1.54) is 4.90 Å². The number of aliphatic hydroxyl groups excluding tert-OH is 1. The number of piperidine rings is 2. The molecule has 0 aromatic rings. The number of rotatable bonds is 8. The number of quaternary nitrogens is 1. The summed E-state index contributed by atoms with van der Waals surface area (Å²) in [7, 11) is 0. The second kappa shape index (κ2) is 14.6. The van der Waals surface area contributed by atoms with Crippen LogP contribution in [0.25, 0.3) is 0 Å². The van der Waals surface area contributed by atoms with Crippen LogP contribution in [0.4, 0.5) is 0 Å². The number of nitrogens with one attached hydrogen (secondary N) is 4. The molecule has 4 rings (SSSR count). The number of carbonyl (C=O) groups is 1. The third-order valence-electron chi connectivity index (χ3n) is 9.88. The van der Waals surface area contributed by atoms with E-state index in [4.69, 9.17) is 0 Å². The Hall–Kier alpha value is -1.54. The van der Waals surface area contributed by atoms with Crippen molar-refractivity contribution in [2.24, 2.45) is 10.9 Å². The van der Waals surface area contributed by atoms with Crippen LogP contribution in [0.3, 0.4) is 0 Å². The van der Waals surface area contributed by atoms with Crippen LogP contribution in [0, 0.1) is 17.8 Å². The van der Waals surface area contributed by atoms with E-state index in [2.05, 4.69) is 46.6 Å². The zero-order valence-electron chi connectivity index (χ0n) is 24.8. The molecule has 1 unspecified atom stereocenters. The molecule has 226 valence electrons. The highest BCUT2D eigenvalue weighted by Gasteiger charge is 2.40. The van der Waals surface area contributed by atoms with Gasteiger partial charge in [-0.25, -0.2) is 4.99 Å². The predicted octanol–water partition coefficient (Wildman–Crippen LogP) is 0.843. The Morgan fingerprint density at radius 3 is 2.83 bits per heavy atom. The van der Waals surface area contributed by atoms with Crippen molar-refractivity contribution >= 4 is 12.2 Å². The normalized spacial score (nSPS) is 41.0. The molecule has 2 fully saturated rings. The highest BCUT2D eigenvalue weighted by Crippen LogP contribution is 2.27. The molecule has 0 saturated carbocycles. The zero-order valence-corrected chi connectivity index (χ0v) is 24.8. The van der Waals surface area contributed by atoms with E-state index in [9.17, 15) is 20.1 Å². The fraction of sp³-hybridized carbons (Fsp3) is 0.871. The number of hydrogen-bond acceptors (Lipinski definition) is 7. The summed E-state index contributed by atoms with van der Waals surface area (Å²) >= 11 is 0. The summed E-state index contributed by atoms with van der Waals surface area (Å²) < 4.78 is 0. The average molecular weight is 561 g/mol. The van der Waals surface area contributed by atoms with E-state index in [1.807, 2.05) is 6.21 Å². The lowest BCUT2D eigenvalue weighted by molar-refractivity contribution is -0.914. The third kappa shape index (κ3) is 9.23. The summed E-state index contributed by atoms with van der Waals surface area (Å²) in [5, 5.41) is 42.1. The maximum absolute atomic E-state index is 11.5. The fourth-order valence-electron chi connectivity index (χ4n) is 7.31. The molecule has 0 aliphatic carbocycles. The SMILES string of the molecule is C[C@@H]1N[C@H](CCCC[C@H]2C#CC[C@@H]3C[C@@](C)(CCN3)NC[C@](O)(CC(=O)O)CCCC2)[C@@H]([NH+]2CC=NC2)C[C@H]1O. The Labute approximate surface area is 241 Å². The third-order valence-corrected chi connectivity index (χ3v) is 9.88. The maximum Gasteiger partial charge on any atom is 0.306 e. The lowest BCUT2D eigenvalue weighted by Crippen LogP contribution is -3.16. The predicted molar refractivity (Wildman–Crippen MR) is 157 cm³/mol. The molecule has 9 atom stereocenters. The molecule has 0 aromatic heterocycles. The van der Waals surface area contributed by atoms with Gasteiger partial charge in [0.1, 0.15) is 12.6 Å². The number of aliphatic hydroxyl groups is 2. The lowest BCUT2D eigenvalue weighted by Gasteiger charge is -2.41. The first kappa shape index (κ1) is 31.4. The summed E-state index contributed by atoms with van der Waals surface area (Å²) in [6.45, 7) is 7.26. The number of β-amino-alcohol motifs (C(OH)–C–C–N with tert-alkyl or cyclic N) is 1. The number of carboxylic acids is 1. The van der Waals surface area contributed by atoms with Gasteiger partial charge < -0.3 is 36.2 Å². The quantitative estimate of drug-likeness (QED) is 0.173. The maximum atomic E-state index is 11.5. The van der Waals surface area contributed by atoms with Crippen molar-refractivity contribution in [1.29, 1.82) is 0 Å². The highest BCUT2D eigenvalue weighted by molar-refractivity contribution is 5.68. The van der Waals surface area contributed by atoms with Gasteiger partial charge in [0.2, 0.25) is 0 Å².